The Morgan fingerprint density at radius 2 is 2.00 bits per heavy atom. The minimum atomic E-state index is -0.940. The summed E-state index contributed by atoms with van der Waals surface area (Å²) in [6.45, 7) is 0. The summed E-state index contributed by atoms with van der Waals surface area (Å²) in [5.74, 6) is -1.36. The first kappa shape index (κ1) is 14.5. The summed E-state index contributed by atoms with van der Waals surface area (Å²) in [7, 11) is 1.60. The molecule has 108 valence electrons. The number of nitrogens with zero attached hydrogens (tertiary/aromatic N) is 1. The van der Waals surface area contributed by atoms with E-state index >= 15 is 0 Å². The topological polar surface area (TPSA) is 88.4 Å². The molecule has 0 saturated heterocycles. The lowest BCUT2D eigenvalue weighted by Gasteiger charge is -2.07. The number of aliphatic carboxylic acids is 1. The van der Waals surface area contributed by atoms with Crippen molar-refractivity contribution < 1.29 is 14.7 Å². The van der Waals surface area contributed by atoms with Crippen LogP contribution < -0.4 is 10.9 Å². The molecule has 1 aromatic heterocycles. The molecule has 2 aromatic rings. The summed E-state index contributed by atoms with van der Waals surface area (Å²) in [4.78, 5) is 34.2. The minimum Gasteiger partial charge on any atom is -0.481 e. The Labute approximate surface area is 120 Å². The average molecular weight is 286 g/mol. The van der Waals surface area contributed by atoms with E-state index in [1.54, 1.807) is 31.3 Å². The monoisotopic (exact) mass is 286 g/mol. The summed E-state index contributed by atoms with van der Waals surface area (Å²) in [6, 6.07) is 9.37. The van der Waals surface area contributed by atoms with Crippen LogP contribution in [0.2, 0.25) is 0 Å². The van der Waals surface area contributed by atoms with E-state index in [0.29, 0.717) is 11.3 Å². The van der Waals surface area contributed by atoms with Crippen molar-refractivity contribution >= 4 is 17.6 Å². The number of anilines is 1. The highest BCUT2D eigenvalue weighted by Crippen LogP contribution is 2.12. The summed E-state index contributed by atoms with van der Waals surface area (Å²) in [5, 5.41) is 11.4. The predicted octanol–water partition coefficient (Wildman–Crippen LogP) is 1.26. The highest BCUT2D eigenvalue weighted by atomic mass is 16.4. The second-order valence-corrected chi connectivity index (χ2v) is 4.59. The van der Waals surface area contributed by atoms with Gasteiger partial charge in [-0.2, -0.15) is 0 Å². The van der Waals surface area contributed by atoms with Crippen molar-refractivity contribution in [2.24, 2.45) is 7.05 Å². The van der Waals surface area contributed by atoms with Crippen LogP contribution in [0.4, 0.5) is 5.69 Å². The molecule has 6 nitrogen and oxygen atoms in total. The molecule has 0 bridgehead atoms. The molecule has 21 heavy (non-hydrogen) atoms. The van der Waals surface area contributed by atoms with Crippen LogP contribution in [0, 0.1) is 0 Å². The number of aryl methyl sites for hydroxylation is 1. The van der Waals surface area contributed by atoms with Crippen LogP contribution in [0.3, 0.4) is 0 Å². The van der Waals surface area contributed by atoms with E-state index < -0.39 is 11.9 Å². The third kappa shape index (κ3) is 3.79. The molecule has 0 aliphatic heterocycles. The molecule has 0 aliphatic carbocycles. The number of benzene rings is 1. The summed E-state index contributed by atoms with van der Waals surface area (Å²) >= 11 is 0. The van der Waals surface area contributed by atoms with Crippen molar-refractivity contribution in [3.05, 3.63) is 64.1 Å². The molecule has 2 N–H and O–H groups in total. The fourth-order valence-corrected chi connectivity index (χ4v) is 1.83. The van der Waals surface area contributed by atoms with Gasteiger partial charge in [-0.1, -0.05) is 12.1 Å². The maximum atomic E-state index is 12.0. The smallest absolute Gasteiger partial charge is 0.307 e. The lowest BCUT2D eigenvalue weighted by Crippen LogP contribution is -2.20. The number of carboxylic acid groups (broad SMARTS) is 1. The van der Waals surface area contributed by atoms with Crippen molar-refractivity contribution in [1.29, 1.82) is 0 Å². The Kier molecular flexibility index (Phi) is 4.18. The molecule has 0 radical (unpaired) electrons. The number of aromatic nitrogens is 1. The number of pyridine rings is 1. The Morgan fingerprint density at radius 3 is 2.67 bits per heavy atom. The quantitative estimate of drug-likeness (QED) is 0.885. The normalized spacial score (nSPS) is 10.1. The van der Waals surface area contributed by atoms with E-state index in [1.165, 1.54) is 22.9 Å². The number of amides is 1. The average Bonchev–Trinajstić information content (AvgIpc) is 2.41. The number of hydrogen-bond donors (Lipinski definition) is 2. The first-order valence-corrected chi connectivity index (χ1v) is 6.24. The van der Waals surface area contributed by atoms with E-state index in [9.17, 15) is 14.4 Å². The van der Waals surface area contributed by atoms with Gasteiger partial charge in [0.25, 0.3) is 11.5 Å². The number of carbonyl (C=O) groups is 2. The van der Waals surface area contributed by atoms with Crippen LogP contribution in [0.25, 0.3) is 0 Å². The van der Waals surface area contributed by atoms with E-state index in [4.69, 9.17) is 5.11 Å². The molecular formula is C15H14N2O4. The zero-order valence-electron chi connectivity index (χ0n) is 11.4. The molecular weight excluding hydrogens is 272 g/mol. The molecule has 6 heteroatoms. The zero-order valence-corrected chi connectivity index (χ0v) is 11.4. The van der Waals surface area contributed by atoms with Crippen LogP contribution in [0.15, 0.2) is 47.4 Å². The van der Waals surface area contributed by atoms with Crippen molar-refractivity contribution in [2.45, 2.75) is 6.42 Å². The fourth-order valence-electron chi connectivity index (χ4n) is 1.83. The van der Waals surface area contributed by atoms with E-state index in [1.807, 2.05) is 0 Å². The van der Waals surface area contributed by atoms with Gasteiger partial charge in [0.15, 0.2) is 0 Å². The highest BCUT2D eigenvalue weighted by Gasteiger charge is 2.08. The van der Waals surface area contributed by atoms with Gasteiger partial charge in [0.05, 0.1) is 6.42 Å². The fraction of sp³-hybridized carbons (Fsp3) is 0.133. The van der Waals surface area contributed by atoms with Crippen LogP contribution in [-0.2, 0) is 18.3 Å². The van der Waals surface area contributed by atoms with Crippen molar-refractivity contribution in [3.8, 4) is 0 Å². The standard InChI is InChI=1S/C15H14N2O4/c1-17-6-5-11(9-13(17)18)15(21)16-12-4-2-3-10(7-12)8-14(19)20/h2-7,9H,8H2,1H3,(H,16,21)(H,19,20). The third-order valence-corrected chi connectivity index (χ3v) is 2.91. The van der Waals surface area contributed by atoms with Gasteiger partial charge in [0, 0.05) is 30.6 Å². The summed E-state index contributed by atoms with van der Waals surface area (Å²) in [5.41, 5.74) is 1.05. The Morgan fingerprint density at radius 1 is 1.24 bits per heavy atom. The predicted molar refractivity (Wildman–Crippen MR) is 77.4 cm³/mol. The maximum absolute atomic E-state index is 12.0. The maximum Gasteiger partial charge on any atom is 0.307 e. The van der Waals surface area contributed by atoms with Gasteiger partial charge in [-0.25, -0.2) is 0 Å². The molecule has 1 aromatic carbocycles. The largest absolute Gasteiger partial charge is 0.481 e. The van der Waals surface area contributed by atoms with Gasteiger partial charge < -0.3 is 15.0 Å². The molecule has 1 heterocycles. The number of hydrogen-bond acceptors (Lipinski definition) is 3. The lowest BCUT2D eigenvalue weighted by molar-refractivity contribution is -0.136. The third-order valence-electron chi connectivity index (χ3n) is 2.91. The van der Waals surface area contributed by atoms with Crippen LogP contribution >= 0.6 is 0 Å². The molecule has 0 atom stereocenters. The molecule has 0 saturated carbocycles. The number of carbonyl (C=O) groups excluding carboxylic acids is 1. The van der Waals surface area contributed by atoms with Crippen molar-refractivity contribution in [1.82, 2.24) is 4.57 Å². The first-order chi connectivity index (χ1) is 9.95. The SMILES string of the molecule is Cn1ccc(C(=O)Nc2cccc(CC(=O)O)c2)cc1=O. The Bertz CT molecular complexity index is 749. The van der Waals surface area contributed by atoms with Crippen LogP contribution in [0.1, 0.15) is 15.9 Å². The van der Waals surface area contributed by atoms with E-state index in [0.717, 1.165) is 0 Å². The molecule has 0 unspecified atom stereocenters. The summed E-state index contributed by atoms with van der Waals surface area (Å²) in [6.07, 6.45) is 1.40. The second kappa shape index (κ2) is 6.04. The number of carboxylic acids is 1. The van der Waals surface area contributed by atoms with Gasteiger partial charge in [-0.05, 0) is 23.8 Å². The van der Waals surface area contributed by atoms with Crippen LogP contribution in [-0.4, -0.2) is 21.6 Å². The van der Waals surface area contributed by atoms with Gasteiger partial charge in [0.2, 0.25) is 0 Å². The first-order valence-electron chi connectivity index (χ1n) is 6.24. The van der Waals surface area contributed by atoms with Gasteiger partial charge in [0.1, 0.15) is 0 Å². The number of nitrogens with one attached hydrogen (secondary N) is 1. The lowest BCUT2D eigenvalue weighted by atomic mass is 10.1. The molecule has 0 aliphatic rings. The van der Waals surface area contributed by atoms with E-state index in [-0.39, 0.29) is 17.5 Å². The number of rotatable bonds is 4. The minimum absolute atomic E-state index is 0.115. The molecule has 0 fully saturated rings. The van der Waals surface area contributed by atoms with Gasteiger partial charge in [-0.15, -0.1) is 0 Å². The highest BCUT2D eigenvalue weighted by molar-refractivity contribution is 6.04. The van der Waals surface area contributed by atoms with Gasteiger partial charge in [-0.3, -0.25) is 14.4 Å². The van der Waals surface area contributed by atoms with E-state index in [2.05, 4.69) is 5.32 Å². The van der Waals surface area contributed by atoms with Crippen molar-refractivity contribution in [3.63, 3.8) is 0 Å². The zero-order chi connectivity index (χ0) is 15.4. The molecule has 2 rings (SSSR count). The van der Waals surface area contributed by atoms with Crippen molar-refractivity contribution in [2.75, 3.05) is 5.32 Å². The second-order valence-electron chi connectivity index (χ2n) is 4.59. The Balaban J connectivity index is 2.17. The van der Waals surface area contributed by atoms with Gasteiger partial charge >= 0.3 is 5.97 Å². The van der Waals surface area contributed by atoms with Crippen LogP contribution in [0.5, 0.6) is 0 Å². The molecule has 0 spiro atoms. The molecule has 1 amide bonds. The Hall–Kier alpha value is -2.89. The summed E-state index contributed by atoms with van der Waals surface area (Å²) < 4.78 is 1.37.